The minimum Gasteiger partial charge on any atom is -0.477 e. The predicted molar refractivity (Wildman–Crippen MR) is 90.8 cm³/mol. The summed E-state index contributed by atoms with van der Waals surface area (Å²) in [6.07, 6.45) is 5.27. The molecule has 0 atom stereocenters. The highest BCUT2D eigenvalue weighted by molar-refractivity contribution is 5.96. The molecular weight excluding hydrogens is 304 g/mol. The lowest BCUT2D eigenvalue weighted by Crippen LogP contribution is -2.48. The summed E-state index contributed by atoms with van der Waals surface area (Å²) in [6.45, 7) is 6.42. The van der Waals surface area contributed by atoms with Crippen molar-refractivity contribution in [2.45, 2.75) is 13.5 Å². The van der Waals surface area contributed by atoms with E-state index < -0.39 is 0 Å². The average molecular weight is 326 g/mol. The molecule has 1 fully saturated rings. The van der Waals surface area contributed by atoms with Crippen molar-refractivity contribution in [3.8, 4) is 5.88 Å². The van der Waals surface area contributed by atoms with Crippen LogP contribution in [-0.2, 0) is 6.54 Å². The maximum Gasteiger partial charge on any atom is 0.259 e. The molecule has 126 valence electrons. The van der Waals surface area contributed by atoms with E-state index in [0.717, 1.165) is 19.6 Å². The number of piperazine rings is 1. The molecule has 0 aromatic carbocycles. The van der Waals surface area contributed by atoms with Crippen molar-refractivity contribution in [2.24, 2.45) is 0 Å². The van der Waals surface area contributed by atoms with Crippen LogP contribution in [0.4, 0.5) is 0 Å². The number of ether oxygens (including phenoxy) is 1. The first-order valence-electron chi connectivity index (χ1n) is 8.26. The van der Waals surface area contributed by atoms with Gasteiger partial charge in [-0.25, -0.2) is 4.98 Å². The van der Waals surface area contributed by atoms with Crippen molar-refractivity contribution in [3.63, 3.8) is 0 Å². The Hall–Kier alpha value is -2.47. The smallest absolute Gasteiger partial charge is 0.259 e. The van der Waals surface area contributed by atoms with Gasteiger partial charge in [0.05, 0.1) is 6.61 Å². The molecule has 0 saturated carbocycles. The predicted octanol–water partition coefficient (Wildman–Crippen LogP) is 1.83. The summed E-state index contributed by atoms with van der Waals surface area (Å²) in [4.78, 5) is 25.2. The van der Waals surface area contributed by atoms with Crippen LogP contribution in [0.5, 0.6) is 5.88 Å². The quantitative estimate of drug-likeness (QED) is 0.839. The summed E-state index contributed by atoms with van der Waals surface area (Å²) in [7, 11) is 0. The molecule has 2 aromatic heterocycles. The van der Waals surface area contributed by atoms with Gasteiger partial charge in [0, 0.05) is 51.3 Å². The normalized spacial score (nSPS) is 15.3. The van der Waals surface area contributed by atoms with Crippen LogP contribution in [0.3, 0.4) is 0 Å². The fourth-order valence-electron chi connectivity index (χ4n) is 2.83. The third kappa shape index (κ3) is 3.89. The Morgan fingerprint density at radius 3 is 2.58 bits per heavy atom. The number of carbonyl (C=O) groups is 1. The average Bonchev–Trinajstić information content (AvgIpc) is 2.63. The highest BCUT2D eigenvalue weighted by Crippen LogP contribution is 2.18. The Morgan fingerprint density at radius 2 is 1.88 bits per heavy atom. The zero-order valence-corrected chi connectivity index (χ0v) is 13.9. The van der Waals surface area contributed by atoms with Crippen LogP contribution in [0.1, 0.15) is 22.8 Å². The standard InChI is InChI=1S/C18H22N4O2/c1-2-24-17-16(4-3-7-20-17)18(23)22-12-10-21(11-13-22)14-15-5-8-19-9-6-15/h3-9H,2,10-14H2,1H3. The summed E-state index contributed by atoms with van der Waals surface area (Å²) in [5.74, 6) is 0.416. The van der Waals surface area contributed by atoms with Gasteiger partial charge in [-0.3, -0.25) is 14.7 Å². The van der Waals surface area contributed by atoms with Gasteiger partial charge in [-0.15, -0.1) is 0 Å². The van der Waals surface area contributed by atoms with Crippen LogP contribution in [0, 0.1) is 0 Å². The summed E-state index contributed by atoms with van der Waals surface area (Å²) < 4.78 is 5.47. The van der Waals surface area contributed by atoms with E-state index in [1.807, 2.05) is 36.4 Å². The molecule has 24 heavy (non-hydrogen) atoms. The van der Waals surface area contributed by atoms with Gasteiger partial charge in [-0.2, -0.15) is 0 Å². The van der Waals surface area contributed by atoms with Gasteiger partial charge in [0.2, 0.25) is 5.88 Å². The molecule has 0 unspecified atom stereocenters. The Balaban J connectivity index is 1.59. The van der Waals surface area contributed by atoms with Crippen molar-refractivity contribution in [1.29, 1.82) is 0 Å². The van der Waals surface area contributed by atoms with E-state index >= 15 is 0 Å². The minimum absolute atomic E-state index is 0.00453. The van der Waals surface area contributed by atoms with Crippen LogP contribution >= 0.6 is 0 Å². The van der Waals surface area contributed by atoms with Crippen LogP contribution in [0.15, 0.2) is 42.9 Å². The molecule has 0 N–H and O–H groups in total. The zero-order chi connectivity index (χ0) is 16.8. The Kier molecular flexibility index (Phi) is 5.38. The number of amides is 1. The molecule has 3 heterocycles. The molecule has 0 aliphatic carbocycles. The maximum atomic E-state index is 12.7. The van der Waals surface area contributed by atoms with Crippen LogP contribution < -0.4 is 4.74 Å². The molecule has 3 rings (SSSR count). The lowest BCUT2D eigenvalue weighted by atomic mass is 10.2. The SMILES string of the molecule is CCOc1ncccc1C(=O)N1CCN(Cc2ccncc2)CC1. The molecule has 2 aromatic rings. The number of hydrogen-bond acceptors (Lipinski definition) is 5. The molecule has 1 amide bonds. The van der Waals surface area contributed by atoms with Crippen molar-refractivity contribution >= 4 is 5.91 Å². The van der Waals surface area contributed by atoms with Gasteiger partial charge in [0.1, 0.15) is 5.56 Å². The van der Waals surface area contributed by atoms with E-state index in [1.165, 1.54) is 5.56 Å². The lowest BCUT2D eigenvalue weighted by molar-refractivity contribution is 0.0623. The van der Waals surface area contributed by atoms with Crippen molar-refractivity contribution in [2.75, 3.05) is 32.8 Å². The number of pyridine rings is 2. The maximum absolute atomic E-state index is 12.7. The van der Waals surface area contributed by atoms with E-state index in [4.69, 9.17) is 4.74 Å². The number of carbonyl (C=O) groups excluding carboxylic acids is 1. The minimum atomic E-state index is -0.00453. The third-order valence-corrected chi connectivity index (χ3v) is 4.10. The molecule has 0 radical (unpaired) electrons. The molecular formula is C18H22N4O2. The molecule has 0 spiro atoms. The first kappa shape index (κ1) is 16.4. The Labute approximate surface area is 142 Å². The van der Waals surface area contributed by atoms with E-state index in [0.29, 0.717) is 31.1 Å². The molecule has 1 aliphatic rings. The van der Waals surface area contributed by atoms with Gasteiger partial charge in [0.25, 0.3) is 5.91 Å². The first-order valence-corrected chi connectivity index (χ1v) is 8.26. The van der Waals surface area contributed by atoms with Gasteiger partial charge < -0.3 is 9.64 Å². The van der Waals surface area contributed by atoms with Gasteiger partial charge in [0.15, 0.2) is 0 Å². The second-order valence-corrected chi connectivity index (χ2v) is 5.71. The number of hydrogen-bond donors (Lipinski definition) is 0. The monoisotopic (exact) mass is 326 g/mol. The second-order valence-electron chi connectivity index (χ2n) is 5.71. The van der Waals surface area contributed by atoms with E-state index in [-0.39, 0.29) is 5.91 Å². The summed E-state index contributed by atoms with van der Waals surface area (Å²) in [5, 5.41) is 0. The van der Waals surface area contributed by atoms with Crippen molar-refractivity contribution in [3.05, 3.63) is 54.0 Å². The first-order chi connectivity index (χ1) is 11.8. The topological polar surface area (TPSA) is 58.6 Å². The summed E-state index contributed by atoms with van der Waals surface area (Å²) >= 11 is 0. The zero-order valence-electron chi connectivity index (χ0n) is 13.9. The van der Waals surface area contributed by atoms with Crippen molar-refractivity contribution in [1.82, 2.24) is 19.8 Å². The van der Waals surface area contributed by atoms with Crippen LogP contribution in [0.25, 0.3) is 0 Å². The number of aromatic nitrogens is 2. The Bertz CT molecular complexity index is 670. The lowest BCUT2D eigenvalue weighted by Gasteiger charge is -2.34. The van der Waals surface area contributed by atoms with E-state index in [9.17, 15) is 4.79 Å². The molecule has 1 aliphatic heterocycles. The van der Waals surface area contributed by atoms with Crippen LogP contribution in [-0.4, -0.2) is 58.5 Å². The molecule has 6 nitrogen and oxygen atoms in total. The fourth-order valence-corrected chi connectivity index (χ4v) is 2.83. The largest absolute Gasteiger partial charge is 0.477 e. The van der Waals surface area contributed by atoms with Gasteiger partial charge in [-0.1, -0.05) is 0 Å². The van der Waals surface area contributed by atoms with Gasteiger partial charge >= 0.3 is 0 Å². The highest BCUT2D eigenvalue weighted by atomic mass is 16.5. The van der Waals surface area contributed by atoms with Crippen molar-refractivity contribution < 1.29 is 9.53 Å². The second kappa shape index (κ2) is 7.88. The van der Waals surface area contributed by atoms with Crippen LogP contribution in [0.2, 0.25) is 0 Å². The third-order valence-electron chi connectivity index (χ3n) is 4.10. The summed E-state index contributed by atoms with van der Waals surface area (Å²) in [5.41, 5.74) is 1.79. The van der Waals surface area contributed by atoms with E-state index in [1.54, 1.807) is 18.3 Å². The number of rotatable bonds is 5. The number of nitrogens with zero attached hydrogens (tertiary/aromatic N) is 4. The van der Waals surface area contributed by atoms with E-state index in [2.05, 4.69) is 14.9 Å². The highest BCUT2D eigenvalue weighted by Gasteiger charge is 2.24. The molecule has 6 heteroatoms. The Morgan fingerprint density at radius 1 is 1.12 bits per heavy atom. The molecule has 1 saturated heterocycles. The molecule has 0 bridgehead atoms. The fraction of sp³-hybridized carbons (Fsp3) is 0.389. The summed E-state index contributed by atoms with van der Waals surface area (Å²) in [6, 6.07) is 7.61. The van der Waals surface area contributed by atoms with Gasteiger partial charge in [-0.05, 0) is 36.8 Å².